The molecule has 4 nitrogen and oxygen atoms in total. The maximum Gasteiger partial charge on any atom is 0.335 e. The van der Waals surface area contributed by atoms with Crippen LogP contribution in [0.1, 0.15) is 20.7 Å². The Morgan fingerprint density at radius 2 is 1.65 bits per heavy atom. The summed E-state index contributed by atoms with van der Waals surface area (Å²) in [6.07, 6.45) is 0. The van der Waals surface area contributed by atoms with Crippen molar-refractivity contribution in [1.29, 1.82) is 0 Å². The summed E-state index contributed by atoms with van der Waals surface area (Å²) in [6.45, 7) is 0. The third kappa shape index (κ3) is 3.37. The lowest BCUT2D eigenvalue weighted by atomic mass is 10.1. The van der Waals surface area contributed by atoms with E-state index in [0.717, 1.165) is 0 Å². The second-order valence-corrected chi connectivity index (χ2v) is 5.25. The van der Waals surface area contributed by atoms with Crippen LogP contribution in [0.3, 0.4) is 0 Å². The molecule has 20 heavy (non-hydrogen) atoms. The highest BCUT2D eigenvalue weighted by atomic mass is 79.9. The van der Waals surface area contributed by atoms with Gasteiger partial charge in [0.25, 0.3) is 5.91 Å². The molecular formula is C14H9BrClNO3. The lowest BCUT2D eigenvalue weighted by Crippen LogP contribution is -2.12. The van der Waals surface area contributed by atoms with Gasteiger partial charge in [-0.25, -0.2) is 4.79 Å². The molecule has 0 aromatic heterocycles. The SMILES string of the molecule is O=C(O)c1ccc(C(=O)Nc2cc(Cl)ccc2Br)cc1. The normalized spacial score (nSPS) is 10.1. The van der Waals surface area contributed by atoms with E-state index in [1.165, 1.54) is 24.3 Å². The summed E-state index contributed by atoms with van der Waals surface area (Å²) < 4.78 is 0.706. The van der Waals surface area contributed by atoms with Crippen molar-refractivity contribution in [1.82, 2.24) is 0 Å². The first-order valence-corrected chi connectivity index (χ1v) is 6.74. The zero-order valence-electron chi connectivity index (χ0n) is 10.1. The van der Waals surface area contributed by atoms with Crippen LogP contribution >= 0.6 is 27.5 Å². The summed E-state index contributed by atoms with van der Waals surface area (Å²) in [4.78, 5) is 22.8. The largest absolute Gasteiger partial charge is 0.478 e. The van der Waals surface area contributed by atoms with Crippen molar-refractivity contribution in [3.63, 3.8) is 0 Å². The van der Waals surface area contributed by atoms with Gasteiger partial charge in [0, 0.05) is 15.1 Å². The van der Waals surface area contributed by atoms with E-state index < -0.39 is 5.97 Å². The summed E-state index contributed by atoms with van der Waals surface area (Å²) in [5.74, 6) is -1.38. The molecule has 0 unspecified atom stereocenters. The van der Waals surface area contributed by atoms with Crippen molar-refractivity contribution in [3.8, 4) is 0 Å². The van der Waals surface area contributed by atoms with Crippen LogP contribution in [0.4, 0.5) is 5.69 Å². The van der Waals surface area contributed by atoms with Crippen LogP contribution in [-0.4, -0.2) is 17.0 Å². The molecule has 2 aromatic rings. The molecule has 6 heteroatoms. The molecule has 2 aromatic carbocycles. The number of rotatable bonds is 3. The monoisotopic (exact) mass is 353 g/mol. The number of nitrogens with one attached hydrogen (secondary N) is 1. The molecule has 0 aliphatic carbocycles. The van der Waals surface area contributed by atoms with E-state index in [2.05, 4.69) is 21.2 Å². The van der Waals surface area contributed by atoms with Crippen LogP contribution < -0.4 is 5.32 Å². The van der Waals surface area contributed by atoms with Crippen LogP contribution in [0.5, 0.6) is 0 Å². The highest BCUT2D eigenvalue weighted by Gasteiger charge is 2.10. The molecule has 2 rings (SSSR count). The van der Waals surface area contributed by atoms with Crippen molar-refractivity contribution in [2.75, 3.05) is 5.32 Å². The number of carboxylic acids is 1. The number of hydrogen-bond donors (Lipinski definition) is 2. The molecule has 102 valence electrons. The molecule has 0 saturated carbocycles. The number of hydrogen-bond acceptors (Lipinski definition) is 2. The Kier molecular flexibility index (Phi) is 4.42. The van der Waals surface area contributed by atoms with E-state index in [9.17, 15) is 9.59 Å². The molecule has 0 fully saturated rings. The third-order valence-electron chi connectivity index (χ3n) is 2.57. The minimum atomic E-state index is -1.03. The molecule has 0 radical (unpaired) electrons. The Labute approximate surface area is 128 Å². The molecule has 0 atom stereocenters. The van der Waals surface area contributed by atoms with Gasteiger partial charge in [-0.1, -0.05) is 11.6 Å². The van der Waals surface area contributed by atoms with Crippen molar-refractivity contribution in [2.24, 2.45) is 0 Å². The summed E-state index contributed by atoms with van der Waals surface area (Å²) in [7, 11) is 0. The van der Waals surface area contributed by atoms with Gasteiger partial charge in [0.15, 0.2) is 0 Å². The van der Waals surface area contributed by atoms with E-state index in [1.807, 2.05) is 0 Å². The van der Waals surface area contributed by atoms with Gasteiger partial charge in [0.1, 0.15) is 0 Å². The van der Waals surface area contributed by atoms with Crippen LogP contribution in [0.25, 0.3) is 0 Å². The van der Waals surface area contributed by atoms with E-state index in [1.54, 1.807) is 18.2 Å². The van der Waals surface area contributed by atoms with Gasteiger partial charge in [-0.15, -0.1) is 0 Å². The maximum absolute atomic E-state index is 12.0. The van der Waals surface area contributed by atoms with Crippen molar-refractivity contribution >= 4 is 45.1 Å². The summed E-state index contributed by atoms with van der Waals surface area (Å²) in [6, 6.07) is 10.7. The van der Waals surface area contributed by atoms with Crippen LogP contribution in [0, 0.1) is 0 Å². The predicted octanol–water partition coefficient (Wildman–Crippen LogP) is 4.05. The van der Waals surface area contributed by atoms with Crippen molar-refractivity contribution in [2.45, 2.75) is 0 Å². The van der Waals surface area contributed by atoms with E-state index in [-0.39, 0.29) is 11.5 Å². The second kappa shape index (κ2) is 6.07. The number of amides is 1. The molecular weight excluding hydrogens is 346 g/mol. The van der Waals surface area contributed by atoms with Gasteiger partial charge in [-0.05, 0) is 58.4 Å². The Balaban J connectivity index is 2.19. The number of carboxylic acid groups (broad SMARTS) is 1. The van der Waals surface area contributed by atoms with E-state index in [0.29, 0.717) is 20.7 Å². The van der Waals surface area contributed by atoms with Crippen LogP contribution in [0.2, 0.25) is 5.02 Å². The molecule has 0 saturated heterocycles. The number of anilines is 1. The quantitative estimate of drug-likeness (QED) is 0.874. The molecule has 1 amide bonds. The second-order valence-electron chi connectivity index (χ2n) is 3.96. The smallest absolute Gasteiger partial charge is 0.335 e. The predicted molar refractivity (Wildman–Crippen MR) is 80.5 cm³/mol. The molecule has 0 aliphatic rings. The Hall–Kier alpha value is -1.85. The fraction of sp³-hybridized carbons (Fsp3) is 0. The fourth-order valence-electron chi connectivity index (χ4n) is 1.55. The number of aromatic carboxylic acids is 1. The van der Waals surface area contributed by atoms with Crippen molar-refractivity contribution < 1.29 is 14.7 Å². The molecule has 0 aliphatic heterocycles. The topological polar surface area (TPSA) is 66.4 Å². The van der Waals surface area contributed by atoms with Crippen LogP contribution in [-0.2, 0) is 0 Å². The fourth-order valence-corrected chi connectivity index (χ4v) is 2.07. The maximum atomic E-state index is 12.0. The van der Waals surface area contributed by atoms with Crippen LogP contribution in [0.15, 0.2) is 46.9 Å². The average Bonchev–Trinajstić information content (AvgIpc) is 2.43. The van der Waals surface area contributed by atoms with E-state index >= 15 is 0 Å². The molecule has 0 bridgehead atoms. The van der Waals surface area contributed by atoms with Gasteiger partial charge < -0.3 is 10.4 Å². The number of halogens is 2. The summed E-state index contributed by atoms with van der Waals surface area (Å²) >= 11 is 9.18. The first-order valence-electron chi connectivity index (χ1n) is 5.57. The lowest BCUT2D eigenvalue weighted by Gasteiger charge is -2.08. The Bertz CT molecular complexity index is 671. The minimum Gasteiger partial charge on any atom is -0.478 e. The zero-order chi connectivity index (χ0) is 14.7. The molecule has 0 spiro atoms. The standard InChI is InChI=1S/C14H9BrClNO3/c15-11-6-5-10(16)7-12(11)17-13(18)8-1-3-9(4-2-8)14(19)20/h1-7H,(H,17,18)(H,19,20). The van der Waals surface area contributed by atoms with Gasteiger partial charge >= 0.3 is 5.97 Å². The zero-order valence-corrected chi connectivity index (χ0v) is 12.4. The van der Waals surface area contributed by atoms with Gasteiger partial charge in [-0.2, -0.15) is 0 Å². The summed E-state index contributed by atoms with van der Waals surface area (Å²) in [5.41, 5.74) is 1.04. The number of benzene rings is 2. The average molecular weight is 355 g/mol. The highest BCUT2D eigenvalue weighted by Crippen LogP contribution is 2.26. The van der Waals surface area contributed by atoms with E-state index in [4.69, 9.17) is 16.7 Å². The highest BCUT2D eigenvalue weighted by molar-refractivity contribution is 9.10. The number of carbonyl (C=O) groups is 2. The van der Waals surface area contributed by atoms with Gasteiger partial charge in [-0.3, -0.25) is 4.79 Å². The van der Waals surface area contributed by atoms with Gasteiger partial charge in [0.05, 0.1) is 11.3 Å². The first kappa shape index (κ1) is 14.6. The first-order chi connectivity index (χ1) is 9.47. The third-order valence-corrected chi connectivity index (χ3v) is 3.50. The Morgan fingerprint density at radius 1 is 1.05 bits per heavy atom. The number of carbonyl (C=O) groups excluding carboxylic acids is 1. The Morgan fingerprint density at radius 3 is 2.25 bits per heavy atom. The van der Waals surface area contributed by atoms with Gasteiger partial charge in [0.2, 0.25) is 0 Å². The summed E-state index contributed by atoms with van der Waals surface area (Å²) in [5, 5.41) is 12.0. The molecule has 0 heterocycles. The molecule has 2 N–H and O–H groups in total. The van der Waals surface area contributed by atoms with Crippen molar-refractivity contribution in [3.05, 3.63) is 63.1 Å². The lowest BCUT2D eigenvalue weighted by molar-refractivity contribution is 0.0696. The minimum absolute atomic E-state index is 0.130.